The second-order valence-corrected chi connectivity index (χ2v) is 7.09. The van der Waals surface area contributed by atoms with E-state index in [1.807, 2.05) is 49.4 Å². The van der Waals surface area contributed by atoms with Gasteiger partial charge < -0.3 is 15.4 Å². The molecule has 2 amide bonds. The first-order chi connectivity index (χ1) is 13.0. The van der Waals surface area contributed by atoms with Crippen LogP contribution >= 0.6 is 11.8 Å². The number of carbonyl (C=O) groups is 3. The number of hydrogen-bond acceptors (Lipinski definition) is 5. The topological polar surface area (TPSA) is 84.5 Å². The summed E-state index contributed by atoms with van der Waals surface area (Å²) in [6.45, 7) is 3.68. The summed E-state index contributed by atoms with van der Waals surface area (Å²) in [6, 6.07) is 13.3. The summed E-state index contributed by atoms with van der Waals surface area (Å²) < 4.78 is 4.97. The minimum atomic E-state index is -0.672. The van der Waals surface area contributed by atoms with Crippen LogP contribution in [0.5, 0.6) is 0 Å². The molecule has 0 aliphatic rings. The van der Waals surface area contributed by atoms with E-state index in [4.69, 9.17) is 4.74 Å². The van der Waals surface area contributed by atoms with Gasteiger partial charge in [0.05, 0.1) is 5.75 Å². The number of benzene rings is 2. The Bertz CT molecular complexity index is 809. The Morgan fingerprint density at radius 2 is 1.85 bits per heavy atom. The Balaban J connectivity index is 1.72. The van der Waals surface area contributed by atoms with Gasteiger partial charge in [0.1, 0.15) is 6.04 Å². The van der Waals surface area contributed by atoms with Crippen LogP contribution < -0.4 is 10.6 Å². The third-order valence-electron chi connectivity index (χ3n) is 3.76. The van der Waals surface area contributed by atoms with Crippen LogP contribution in [0.1, 0.15) is 20.3 Å². The average molecular weight is 388 g/mol. The largest absolute Gasteiger partial charge is 0.455 e. The molecule has 2 aromatic carbocycles. The molecule has 2 aromatic rings. The lowest BCUT2D eigenvalue weighted by Crippen LogP contribution is -2.46. The van der Waals surface area contributed by atoms with Crippen molar-refractivity contribution in [2.75, 3.05) is 18.9 Å². The quantitative estimate of drug-likeness (QED) is 0.509. The Morgan fingerprint density at radius 1 is 1.11 bits per heavy atom. The third-order valence-corrected chi connectivity index (χ3v) is 4.73. The Labute approximate surface area is 163 Å². The zero-order chi connectivity index (χ0) is 19.6. The number of hydrogen-bond donors (Lipinski definition) is 2. The lowest BCUT2D eigenvalue weighted by atomic mass is 10.1. The lowest BCUT2D eigenvalue weighted by molar-refractivity contribution is -0.146. The molecule has 7 heteroatoms. The molecular weight excluding hydrogens is 364 g/mol. The molecule has 0 saturated carbocycles. The first kappa shape index (κ1) is 20.8. The smallest absolute Gasteiger partial charge is 0.316 e. The second-order valence-electron chi connectivity index (χ2n) is 6.04. The monoisotopic (exact) mass is 388 g/mol. The summed E-state index contributed by atoms with van der Waals surface area (Å²) in [5, 5.41) is 7.43. The van der Waals surface area contributed by atoms with Crippen molar-refractivity contribution in [3.05, 3.63) is 42.5 Å². The molecule has 0 aliphatic carbocycles. The first-order valence-electron chi connectivity index (χ1n) is 8.84. The first-order valence-corrected chi connectivity index (χ1v) is 9.82. The number of nitrogens with one attached hydrogen (secondary N) is 2. The van der Waals surface area contributed by atoms with Crippen molar-refractivity contribution in [3.8, 4) is 0 Å². The molecule has 1 atom stereocenters. The van der Waals surface area contributed by atoms with Gasteiger partial charge in [-0.15, -0.1) is 11.8 Å². The van der Waals surface area contributed by atoms with Crippen molar-refractivity contribution in [1.29, 1.82) is 0 Å². The lowest BCUT2D eigenvalue weighted by Gasteiger charge is -2.13. The molecule has 144 valence electrons. The number of rotatable bonds is 9. The second kappa shape index (κ2) is 10.6. The van der Waals surface area contributed by atoms with Crippen LogP contribution in [0.4, 0.5) is 0 Å². The molecule has 0 bridgehead atoms. The predicted octanol–water partition coefficient (Wildman–Crippen LogP) is 2.51. The van der Waals surface area contributed by atoms with Crippen LogP contribution in [0, 0.1) is 0 Å². The van der Waals surface area contributed by atoms with Gasteiger partial charge in [0.15, 0.2) is 6.61 Å². The molecule has 0 heterocycles. The zero-order valence-electron chi connectivity index (χ0n) is 15.5. The normalized spacial score (nSPS) is 11.6. The number of ether oxygens (including phenoxy) is 1. The van der Waals surface area contributed by atoms with E-state index in [1.165, 1.54) is 11.8 Å². The Morgan fingerprint density at radius 3 is 2.59 bits per heavy atom. The van der Waals surface area contributed by atoms with Crippen LogP contribution in [-0.4, -0.2) is 42.7 Å². The fraction of sp³-hybridized carbons (Fsp3) is 0.350. The molecule has 0 radical (unpaired) electrons. The maximum atomic E-state index is 11.8. The van der Waals surface area contributed by atoms with E-state index in [9.17, 15) is 14.4 Å². The van der Waals surface area contributed by atoms with E-state index in [-0.39, 0.29) is 11.7 Å². The number of fused-ring (bicyclic) bond motifs is 1. The number of amides is 2. The number of thioether (sulfide) groups is 1. The predicted molar refractivity (Wildman–Crippen MR) is 107 cm³/mol. The molecule has 0 aliphatic heterocycles. The molecule has 2 rings (SSSR count). The highest BCUT2D eigenvalue weighted by atomic mass is 32.2. The number of esters is 1. The van der Waals surface area contributed by atoms with Gasteiger partial charge in [0.25, 0.3) is 5.91 Å². The van der Waals surface area contributed by atoms with Gasteiger partial charge in [-0.25, -0.2) is 0 Å². The van der Waals surface area contributed by atoms with E-state index in [1.54, 1.807) is 6.92 Å². The maximum Gasteiger partial charge on any atom is 0.316 e. The van der Waals surface area contributed by atoms with E-state index < -0.39 is 24.5 Å². The van der Waals surface area contributed by atoms with Crippen molar-refractivity contribution < 1.29 is 19.1 Å². The molecule has 0 saturated heterocycles. The van der Waals surface area contributed by atoms with Crippen molar-refractivity contribution in [2.45, 2.75) is 31.2 Å². The van der Waals surface area contributed by atoms with Crippen molar-refractivity contribution >= 4 is 40.3 Å². The number of carbonyl (C=O) groups excluding carboxylic acids is 3. The van der Waals surface area contributed by atoms with Crippen LogP contribution in [0.3, 0.4) is 0 Å². The standard InChI is InChI=1S/C20H24N2O4S/c1-3-10-21-20(25)14(2)22-18(23)12-26-19(24)13-27-17-9-8-15-6-4-5-7-16(15)11-17/h4-9,11,14H,3,10,12-13H2,1-2H3,(H,21,25)(H,22,23)/t14-/m0/s1. The molecule has 0 unspecified atom stereocenters. The molecule has 0 aromatic heterocycles. The van der Waals surface area contributed by atoms with Crippen molar-refractivity contribution in [3.63, 3.8) is 0 Å². The molecular formula is C20H24N2O4S. The minimum absolute atomic E-state index is 0.109. The SMILES string of the molecule is CCCNC(=O)[C@H](C)NC(=O)COC(=O)CSc1ccc2ccccc2c1. The van der Waals surface area contributed by atoms with Gasteiger partial charge in [-0.3, -0.25) is 14.4 Å². The summed E-state index contributed by atoms with van der Waals surface area (Å²) in [4.78, 5) is 36.3. The van der Waals surface area contributed by atoms with Crippen LogP contribution in [-0.2, 0) is 19.1 Å². The summed E-state index contributed by atoms with van der Waals surface area (Å²) >= 11 is 1.35. The molecule has 6 nitrogen and oxygen atoms in total. The Kier molecular flexibility index (Phi) is 8.13. The van der Waals surface area contributed by atoms with E-state index >= 15 is 0 Å². The van der Waals surface area contributed by atoms with Gasteiger partial charge in [-0.2, -0.15) is 0 Å². The third kappa shape index (κ3) is 6.94. The van der Waals surface area contributed by atoms with Gasteiger partial charge in [-0.1, -0.05) is 37.3 Å². The zero-order valence-corrected chi connectivity index (χ0v) is 16.3. The van der Waals surface area contributed by atoms with Gasteiger partial charge in [0, 0.05) is 11.4 Å². The van der Waals surface area contributed by atoms with E-state index in [2.05, 4.69) is 10.6 Å². The van der Waals surface area contributed by atoms with E-state index in [0.29, 0.717) is 6.54 Å². The van der Waals surface area contributed by atoms with Crippen LogP contribution in [0.2, 0.25) is 0 Å². The summed E-state index contributed by atoms with van der Waals surface area (Å²) in [7, 11) is 0. The average Bonchev–Trinajstić information content (AvgIpc) is 2.68. The fourth-order valence-electron chi connectivity index (χ4n) is 2.34. The molecule has 27 heavy (non-hydrogen) atoms. The van der Waals surface area contributed by atoms with Crippen LogP contribution in [0.15, 0.2) is 47.4 Å². The van der Waals surface area contributed by atoms with Crippen molar-refractivity contribution in [2.24, 2.45) is 0 Å². The molecule has 0 spiro atoms. The van der Waals surface area contributed by atoms with Gasteiger partial charge in [-0.05, 0) is 36.2 Å². The van der Waals surface area contributed by atoms with Gasteiger partial charge in [0.2, 0.25) is 5.91 Å². The Hall–Kier alpha value is -2.54. The highest BCUT2D eigenvalue weighted by molar-refractivity contribution is 8.00. The van der Waals surface area contributed by atoms with E-state index in [0.717, 1.165) is 22.1 Å². The van der Waals surface area contributed by atoms with Crippen LogP contribution in [0.25, 0.3) is 10.8 Å². The summed E-state index contributed by atoms with van der Waals surface area (Å²) in [5.74, 6) is -1.13. The summed E-state index contributed by atoms with van der Waals surface area (Å²) in [5.41, 5.74) is 0. The molecule has 0 fully saturated rings. The highest BCUT2D eigenvalue weighted by Gasteiger charge is 2.16. The highest BCUT2D eigenvalue weighted by Crippen LogP contribution is 2.23. The van der Waals surface area contributed by atoms with Gasteiger partial charge >= 0.3 is 5.97 Å². The summed E-state index contributed by atoms with van der Waals surface area (Å²) in [6.07, 6.45) is 0.818. The minimum Gasteiger partial charge on any atom is -0.455 e. The maximum absolute atomic E-state index is 11.8. The molecule has 2 N–H and O–H groups in total. The fourth-order valence-corrected chi connectivity index (χ4v) is 3.08. The van der Waals surface area contributed by atoms with Crippen molar-refractivity contribution in [1.82, 2.24) is 10.6 Å².